The highest BCUT2D eigenvalue weighted by Gasteiger charge is 2.41. The molecule has 0 aromatic heterocycles. The van der Waals surface area contributed by atoms with Gasteiger partial charge in [-0.3, -0.25) is 4.79 Å². The van der Waals surface area contributed by atoms with Crippen LogP contribution in [0.4, 0.5) is 11.4 Å². The predicted molar refractivity (Wildman–Crippen MR) is 119 cm³/mol. The topological polar surface area (TPSA) is 43.8 Å². The molecule has 0 bridgehead atoms. The molecule has 2 aliphatic rings. The van der Waals surface area contributed by atoms with Gasteiger partial charge in [-0.05, 0) is 67.5 Å². The molecule has 0 aliphatic carbocycles. The van der Waals surface area contributed by atoms with Crippen LogP contribution in [0.25, 0.3) is 0 Å². The first-order valence-electron chi connectivity index (χ1n) is 11.1. The number of hydrogen-bond donors (Lipinski definition) is 1. The van der Waals surface area contributed by atoms with E-state index in [0.717, 1.165) is 43.7 Å². The molecular formula is C25H32N2O2. The first-order chi connectivity index (χ1) is 14.1. The van der Waals surface area contributed by atoms with E-state index in [2.05, 4.69) is 41.0 Å². The van der Waals surface area contributed by atoms with Gasteiger partial charge in [0.25, 0.3) is 0 Å². The number of benzene rings is 2. The monoisotopic (exact) mass is 392 g/mol. The molecule has 4 heteroatoms. The zero-order valence-electron chi connectivity index (χ0n) is 17.4. The molecule has 29 heavy (non-hydrogen) atoms. The van der Waals surface area contributed by atoms with Gasteiger partial charge in [-0.2, -0.15) is 0 Å². The maximum Gasteiger partial charge on any atom is 0.318 e. The van der Waals surface area contributed by atoms with Crippen molar-refractivity contribution in [3.63, 3.8) is 0 Å². The fraction of sp³-hybridized carbons (Fsp3) is 0.480. The van der Waals surface area contributed by atoms with Crippen molar-refractivity contribution >= 4 is 17.3 Å². The van der Waals surface area contributed by atoms with Crippen molar-refractivity contribution in [2.24, 2.45) is 0 Å². The Morgan fingerprint density at radius 1 is 0.793 bits per heavy atom. The number of anilines is 2. The van der Waals surface area contributed by atoms with E-state index in [1.165, 1.54) is 37.1 Å². The lowest BCUT2D eigenvalue weighted by molar-refractivity contribution is -0.142. The normalized spacial score (nSPS) is 17.1. The fourth-order valence-corrected chi connectivity index (χ4v) is 5.05. The second kappa shape index (κ2) is 8.48. The smallest absolute Gasteiger partial charge is 0.318 e. The maximum absolute atomic E-state index is 12.7. The van der Waals surface area contributed by atoms with E-state index in [0.29, 0.717) is 6.42 Å². The highest BCUT2D eigenvalue weighted by atomic mass is 16.4. The summed E-state index contributed by atoms with van der Waals surface area (Å²) >= 11 is 0. The lowest BCUT2D eigenvalue weighted by Gasteiger charge is -2.31. The number of aliphatic carboxylic acids is 1. The lowest BCUT2D eigenvalue weighted by atomic mass is 9.71. The Kier molecular flexibility index (Phi) is 5.79. The number of carboxylic acid groups (broad SMARTS) is 1. The lowest BCUT2D eigenvalue weighted by Crippen LogP contribution is -2.37. The minimum absolute atomic E-state index is 0.592. The second-order valence-electron chi connectivity index (χ2n) is 8.44. The van der Waals surface area contributed by atoms with E-state index >= 15 is 0 Å². The van der Waals surface area contributed by atoms with E-state index in [-0.39, 0.29) is 0 Å². The molecule has 2 heterocycles. The Morgan fingerprint density at radius 2 is 1.17 bits per heavy atom. The van der Waals surface area contributed by atoms with Crippen LogP contribution < -0.4 is 9.80 Å². The third-order valence-electron chi connectivity index (χ3n) is 6.65. The summed E-state index contributed by atoms with van der Waals surface area (Å²) in [5, 5.41) is 10.4. The highest BCUT2D eigenvalue weighted by molar-refractivity contribution is 5.86. The standard InChI is InChI=1S/C25H32N2O2/c1-2-15-25(24(28)29,20-7-11-22(12-8-20)26-16-3-4-17-26)21-9-13-23(14-10-21)27-18-5-6-19-27/h7-14H,2-6,15-19H2,1H3,(H,28,29). The van der Waals surface area contributed by atoms with Crippen LogP contribution in [0.15, 0.2) is 48.5 Å². The SMILES string of the molecule is CCCC(C(=O)O)(c1ccc(N2CCCC2)cc1)c1ccc(N2CCCC2)cc1. The van der Waals surface area contributed by atoms with Gasteiger partial charge in [-0.15, -0.1) is 0 Å². The van der Waals surface area contributed by atoms with Crippen LogP contribution in [0, 0.1) is 0 Å². The average Bonchev–Trinajstić information content (AvgIpc) is 3.47. The van der Waals surface area contributed by atoms with Crippen LogP contribution >= 0.6 is 0 Å². The highest BCUT2D eigenvalue weighted by Crippen LogP contribution is 2.39. The Labute approximate surface area is 174 Å². The van der Waals surface area contributed by atoms with E-state index in [1.54, 1.807) is 0 Å². The number of hydrogen-bond acceptors (Lipinski definition) is 3. The van der Waals surface area contributed by atoms with E-state index in [4.69, 9.17) is 0 Å². The molecule has 0 atom stereocenters. The van der Waals surface area contributed by atoms with Crippen molar-refractivity contribution in [1.82, 2.24) is 0 Å². The largest absolute Gasteiger partial charge is 0.480 e. The van der Waals surface area contributed by atoms with Gasteiger partial charge in [0.1, 0.15) is 5.41 Å². The van der Waals surface area contributed by atoms with Crippen LogP contribution in [-0.4, -0.2) is 37.3 Å². The molecule has 0 radical (unpaired) electrons. The van der Waals surface area contributed by atoms with Gasteiger partial charge < -0.3 is 14.9 Å². The number of carboxylic acids is 1. The minimum Gasteiger partial charge on any atom is -0.480 e. The summed E-state index contributed by atoms with van der Waals surface area (Å²) in [4.78, 5) is 17.4. The van der Waals surface area contributed by atoms with Crippen molar-refractivity contribution in [2.75, 3.05) is 36.0 Å². The van der Waals surface area contributed by atoms with Crippen LogP contribution in [-0.2, 0) is 10.2 Å². The van der Waals surface area contributed by atoms with Crippen molar-refractivity contribution in [2.45, 2.75) is 50.9 Å². The van der Waals surface area contributed by atoms with Crippen molar-refractivity contribution in [1.29, 1.82) is 0 Å². The summed E-state index contributed by atoms with van der Waals surface area (Å²) in [6.07, 6.45) is 6.35. The number of carbonyl (C=O) groups is 1. The summed E-state index contributed by atoms with van der Waals surface area (Å²) in [5.41, 5.74) is 3.16. The first-order valence-corrected chi connectivity index (χ1v) is 11.1. The third kappa shape index (κ3) is 3.73. The second-order valence-corrected chi connectivity index (χ2v) is 8.44. The summed E-state index contributed by atoms with van der Waals surface area (Å²) in [6.45, 7) is 6.44. The molecule has 0 unspecified atom stereocenters. The van der Waals surface area contributed by atoms with E-state index < -0.39 is 11.4 Å². The maximum atomic E-state index is 12.7. The quantitative estimate of drug-likeness (QED) is 0.715. The van der Waals surface area contributed by atoms with Crippen molar-refractivity contribution in [3.05, 3.63) is 59.7 Å². The summed E-state index contributed by atoms with van der Waals surface area (Å²) < 4.78 is 0. The number of nitrogens with zero attached hydrogens (tertiary/aromatic N) is 2. The van der Waals surface area contributed by atoms with Crippen LogP contribution in [0.1, 0.15) is 56.6 Å². The number of rotatable bonds is 7. The molecule has 2 aromatic carbocycles. The molecule has 1 N–H and O–H groups in total. The van der Waals surface area contributed by atoms with E-state index in [9.17, 15) is 9.90 Å². The average molecular weight is 393 g/mol. The molecule has 2 saturated heterocycles. The van der Waals surface area contributed by atoms with Gasteiger partial charge in [0.15, 0.2) is 0 Å². The molecule has 4 rings (SSSR count). The molecule has 0 saturated carbocycles. The molecule has 2 fully saturated rings. The van der Waals surface area contributed by atoms with Crippen LogP contribution in [0.5, 0.6) is 0 Å². The molecular weight excluding hydrogens is 360 g/mol. The van der Waals surface area contributed by atoms with Gasteiger partial charge in [-0.1, -0.05) is 37.6 Å². The molecule has 0 spiro atoms. The van der Waals surface area contributed by atoms with E-state index in [1.807, 2.05) is 24.3 Å². The first kappa shape index (κ1) is 19.8. The Hall–Kier alpha value is -2.49. The van der Waals surface area contributed by atoms with Crippen molar-refractivity contribution in [3.8, 4) is 0 Å². The zero-order valence-corrected chi connectivity index (χ0v) is 17.4. The van der Waals surface area contributed by atoms with Gasteiger partial charge in [0.2, 0.25) is 0 Å². The zero-order chi connectivity index (χ0) is 20.3. The molecule has 0 amide bonds. The Bertz CT molecular complexity index is 757. The van der Waals surface area contributed by atoms with Gasteiger partial charge >= 0.3 is 5.97 Å². The van der Waals surface area contributed by atoms with Gasteiger partial charge in [-0.25, -0.2) is 0 Å². The van der Waals surface area contributed by atoms with Gasteiger partial charge in [0.05, 0.1) is 0 Å². The summed E-state index contributed by atoms with van der Waals surface area (Å²) in [5.74, 6) is -0.762. The Balaban J connectivity index is 1.69. The van der Waals surface area contributed by atoms with Crippen molar-refractivity contribution < 1.29 is 9.90 Å². The Morgan fingerprint density at radius 3 is 1.48 bits per heavy atom. The summed E-state index contributed by atoms with van der Waals surface area (Å²) in [7, 11) is 0. The fourth-order valence-electron chi connectivity index (χ4n) is 5.05. The molecule has 2 aromatic rings. The molecule has 2 aliphatic heterocycles. The third-order valence-corrected chi connectivity index (χ3v) is 6.65. The molecule has 4 nitrogen and oxygen atoms in total. The molecule has 154 valence electrons. The summed E-state index contributed by atoms with van der Waals surface area (Å²) in [6, 6.07) is 16.5. The minimum atomic E-state index is -0.998. The predicted octanol–water partition coefficient (Wildman–Crippen LogP) is 5.06. The van der Waals surface area contributed by atoms with Gasteiger partial charge in [0, 0.05) is 37.6 Å². The van der Waals surface area contributed by atoms with Crippen LogP contribution in [0.2, 0.25) is 0 Å². The van der Waals surface area contributed by atoms with Crippen LogP contribution in [0.3, 0.4) is 0 Å².